The first-order valence-corrected chi connectivity index (χ1v) is 4.25. The SMILES string of the molecule is OCCC(CO)c1cccc(F)c1. The van der Waals surface area contributed by atoms with Crippen LogP contribution in [-0.2, 0) is 0 Å². The molecule has 0 spiro atoms. The summed E-state index contributed by atoms with van der Waals surface area (Å²) in [6.45, 7) is -0.0637. The van der Waals surface area contributed by atoms with Crippen LogP contribution in [0.4, 0.5) is 4.39 Å². The fourth-order valence-corrected chi connectivity index (χ4v) is 1.28. The van der Waals surface area contributed by atoms with Crippen molar-refractivity contribution < 1.29 is 14.6 Å². The Labute approximate surface area is 76.6 Å². The minimum atomic E-state index is -0.311. The Morgan fingerprint density at radius 3 is 2.62 bits per heavy atom. The normalized spacial score (nSPS) is 12.8. The number of rotatable bonds is 4. The summed E-state index contributed by atoms with van der Waals surface area (Å²) in [6.07, 6.45) is 0.458. The van der Waals surface area contributed by atoms with Gasteiger partial charge in [0.05, 0.1) is 6.61 Å². The summed E-state index contributed by atoms with van der Waals surface area (Å²) in [7, 11) is 0. The van der Waals surface area contributed by atoms with E-state index in [0.717, 1.165) is 5.56 Å². The van der Waals surface area contributed by atoms with Gasteiger partial charge in [-0.25, -0.2) is 4.39 Å². The van der Waals surface area contributed by atoms with E-state index in [1.807, 2.05) is 0 Å². The van der Waals surface area contributed by atoms with E-state index in [1.165, 1.54) is 12.1 Å². The van der Waals surface area contributed by atoms with Gasteiger partial charge in [-0.3, -0.25) is 0 Å². The van der Waals surface area contributed by atoms with Gasteiger partial charge in [-0.1, -0.05) is 12.1 Å². The lowest BCUT2D eigenvalue weighted by Gasteiger charge is -2.12. The third kappa shape index (κ3) is 2.79. The molecule has 0 bridgehead atoms. The summed E-state index contributed by atoms with van der Waals surface area (Å²) in [4.78, 5) is 0. The number of aliphatic hydroxyl groups is 2. The van der Waals surface area contributed by atoms with Crippen LogP contribution in [0.2, 0.25) is 0 Å². The first-order valence-electron chi connectivity index (χ1n) is 4.25. The largest absolute Gasteiger partial charge is 0.396 e. The minimum Gasteiger partial charge on any atom is -0.396 e. The molecule has 2 nitrogen and oxygen atoms in total. The van der Waals surface area contributed by atoms with E-state index in [9.17, 15) is 4.39 Å². The number of benzene rings is 1. The van der Waals surface area contributed by atoms with E-state index in [2.05, 4.69) is 0 Å². The Balaban J connectivity index is 2.78. The Hall–Kier alpha value is -0.930. The third-order valence-corrected chi connectivity index (χ3v) is 2.02. The Morgan fingerprint density at radius 2 is 2.08 bits per heavy atom. The molecular weight excluding hydrogens is 171 g/mol. The monoisotopic (exact) mass is 184 g/mol. The zero-order valence-electron chi connectivity index (χ0n) is 7.28. The van der Waals surface area contributed by atoms with E-state index in [1.54, 1.807) is 12.1 Å². The van der Waals surface area contributed by atoms with Gasteiger partial charge in [0.15, 0.2) is 0 Å². The summed E-state index contributed by atoms with van der Waals surface area (Å²) in [5.74, 6) is -0.477. The fraction of sp³-hybridized carbons (Fsp3) is 0.400. The predicted octanol–water partition coefficient (Wildman–Crippen LogP) is 1.28. The van der Waals surface area contributed by atoms with E-state index >= 15 is 0 Å². The lowest BCUT2D eigenvalue weighted by atomic mass is 9.97. The zero-order chi connectivity index (χ0) is 9.68. The fourth-order valence-electron chi connectivity index (χ4n) is 1.28. The number of hydrogen-bond donors (Lipinski definition) is 2. The van der Waals surface area contributed by atoms with Crippen LogP contribution in [0.1, 0.15) is 17.9 Å². The van der Waals surface area contributed by atoms with Gasteiger partial charge in [0.2, 0.25) is 0 Å². The highest BCUT2D eigenvalue weighted by atomic mass is 19.1. The highest BCUT2D eigenvalue weighted by Gasteiger charge is 2.09. The second kappa shape index (κ2) is 4.94. The smallest absolute Gasteiger partial charge is 0.123 e. The average molecular weight is 184 g/mol. The Bertz CT molecular complexity index is 263. The minimum absolute atomic E-state index is 0.00173. The van der Waals surface area contributed by atoms with Crippen LogP contribution < -0.4 is 0 Å². The molecule has 1 unspecified atom stereocenters. The molecule has 1 atom stereocenters. The van der Waals surface area contributed by atoms with Gasteiger partial charge in [-0.15, -0.1) is 0 Å². The van der Waals surface area contributed by atoms with Crippen molar-refractivity contribution in [1.29, 1.82) is 0 Å². The topological polar surface area (TPSA) is 40.5 Å². The van der Waals surface area contributed by atoms with Gasteiger partial charge in [0.1, 0.15) is 5.82 Å². The van der Waals surface area contributed by atoms with Crippen molar-refractivity contribution in [3.8, 4) is 0 Å². The van der Waals surface area contributed by atoms with Crippen molar-refractivity contribution in [2.45, 2.75) is 12.3 Å². The van der Waals surface area contributed by atoms with Gasteiger partial charge in [-0.05, 0) is 24.1 Å². The standard InChI is InChI=1S/C10H13FO2/c11-10-3-1-2-8(6-10)9(7-13)4-5-12/h1-3,6,9,12-13H,4-5,7H2. The molecule has 1 rings (SSSR count). The van der Waals surface area contributed by atoms with Crippen molar-refractivity contribution in [2.24, 2.45) is 0 Å². The first-order chi connectivity index (χ1) is 6.27. The third-order valence-electron chi connectivity index (χ3n) is 2.02. The van der Waals surface area contributed by atoms with E-state index in [-0.39, 0.29) is 24.9 Å². The predicted molar refractivity (Wildman–Crippen MR) is 47.9 cm³/mol. The second-order valence-electron chi connectivity index (χ2n) is 2.95. The van der Waals surface area contributed by atoms with Gasteiger partial charge in [0, 0.05) is 12.5 Å². The molecule has 0 aliphatic rings. The Kier molecular flexibility index (Phi) is 3.86. The van der Waals surface area contributed by atoms with Crippen LogP contribution in [0.25, 0.3) is 0 Å². The average Bonchev–Trinajstić information content (AvgIpc) is 2.14. The van der Waals surface area contributed by atoms with Gasteiger partial charge < -0.3 is 10.2 Å². The van der Waals surface area contributed by atoms with Gasteiger partial charge in [0.25, 0.3) is 0 Å². The van der Waals surface area contributed by atoms with Crippen molar-refractivity contribution in [2.75, 3.05) is 13.2 Å². The number of hydrogen-bond acceptors (Lipinski definition) is 2. The van der Waals surface area contributed by atoms with Crippen LogP contribution in [0.15, 0.2) is 24.3 Å². The quantitative estimate of drug-likeness (QED) is 0.740. The van der Waals surface area contributed by atoms with Crippen LogP contribution in [0.3, 0.4) is 0 Å². The van der Waals surface area contributed by atoms with Gasteiger partial charge >= 0.3 is 0 Å². The highest BCUT2D eigenvalue weighted by Crippen LogP contribution is 2.19. The molecule has 0 radical (unpaired) electrons. The van der Waals surface area contributed by atoms with E-state index in [4.69, 9.17) is 10.2 Å². The maximum atomic E-state index is 12.8. The molecule has 0 aliphatic heterocycles. The number of aliphatic hydroxyl groups excluding tert-OH is 2. The van der Waals surface area contributed by atoms with Crippen molar-refractivity contribution in [3.05, 3.63) is 35.6 Å². The van der Waals surface area contributed by atoms with Crippen molar-refractivity contribution >= 4 is 0 Å². The van der Waals surface area contributed by atoms with Crippen molar-refractivity contribution in [1.82, 2.24) is 0 Å². The lowest BCUT2D eigenvalue weighted by Crippen LogP contribution is -2.06. The van der Waals surface area contributed by atoms with Gasteiger partial charge in [-0.2, -0.15) is 0 Å². The summed E-state index contributed by atoms with van der Waals surface area (Å²) < 4.78 is 12.8. The molecule has 0 saturated carbocycles. The molecule has 3 heteroatoms. The summed E-state index contributed by atoms with van der Waals surface area (Å²) in [5.41, 5.74) is 0.733. The molecule has 0 aromatic heterocycles. The summed E-state index contributed by atoms with van der Waals surface area (Å²) in [6, 6.07) is 6.09. The summed E-state index contributed by atoms with van der Waals surface area (Å²) in [5, 5.41) is 17.7. The molecular formula is C10H13FO2. The van der Waals surface area contributed by atoms with Crippen LogP contribution in [0, 0.1) is 5.82 Å². The molecule has 1 aromatic rings. The molecule has 1 aromatic carbocycles. The Morgan fingerprint density at radius 1 is 1.31 bits per heavy atom. The first kappa shape index (κ1) is 10.2. The maximum Gasteiger partial charge on any atom is 0.123 e. The summed E-state index contributed by atoms with van der Waals surface area (Å²) >= 11 is 0. The molecule has 0 saturated heterocycles. The van der Waals surface area contributed by atoms with E-state index in [0.29, 0.717) is 6.42 Å². The van der Waals surface area contributed by atoms with Crippen molar-refractivity contribution in [3.63, 3.8) is 0 Å². The maximum absolute atomic E-state index is 12.8. The lowest BCUT2D eigenvalue weighted by molar-refractivity contribution is 0.219. The molecule has 2 N–H and O–H groups in total. The van der Waals surface area contributed by atoms with E-state index < -0.39 is 0 Å². The van der Waals surface area contributed by atoms with Crippen LogP contribution >= 0.6 is 0 Å². The zero-order valence-corrected chi connectivity index (χ0v) is 7.28. The second-order valence-corrected chi connectivity index (χ2v) is 2.95. The molecule has 0 heterocycles. The molecule has 0 fully saturated rings. The molecule has 0 aliphatic carbocycles. The van der Waals surface area contributed by atoms with Crippen LogP contribution in [0.5, 0.6) is 0 Å². The molecule has 0 amide bonds. The molecule has 72 valence electrons. The number of halogens is 1. The highest BCUT2D eigenvalue weighted by molar-refractivity contribution is 5.20. The van der Waals surface area contributed by atoms with Crippen LogP contribution in [-0.4, -0.2) is 23.4 Å². The molecule has 13 heavy (non-hydrogen) atoms.